The van der Waals surface area contributed by atoms with Crippen LogP contribution in [0.1, 0.15) is 16.2 Å². The number of methoxy groups -OCH3 is 1. The summed E-state index contributed by atoms with van der Waals surface area (Å²) in [5.74, 6) is -0.983. The van der Waals surface area contributed by atoms with Gasteiger partial charge in [0.1, 0.15) is 5.69 Å². The quantitative estimate of drug-likeness (QED) is 0.482. The number of carboxylic acids is 1. The first-order valence-corrected chi connectivity index (χ1v) is 4.25. The second kappa shape index (κ2) is 4.56. The van der Waals surface area contributed by atoms with Gasteiger partial charge >= 0.3 is 18.9 Å². The van der Waals surface area contributed by atoms with Gasteiger partial charge in [0.05, 0.1) is 18.8 Å². The SMILES string of the molecule is COc1ccc2nc(C)c(C(=O)[O-])n2n1.[Li+]. The van der Waals surface area contributed by atoms with E-state index < -0.39 is 5.97 Å². The van der Waals surface area contributed by atoms with E-state index in [0.717, 1.165) is 0 Å². The van der Waals surface area contributed by atoms with Crippen molar-refractivity contribution in [1.82, 2.24) is 14.6 Å². The summed E-state index contributed by atoms with van der Waals surface area (Å²) in [6.45, 7) is 1.59. The smallest absolute Gasteiger partial charge is 0.543 e. The van der Waals surface area contributed by atoms with Crippen molar-refractivity contribution in [3.63, 3.8) is 0 Å². The summed E-state index contributed by atoms with van der Waals surface area (Å²) in [6, 6.07) is 3.24. The van der Waals surface area contributed by atoms with Crippen LogP contribution in [0.3, 0.4) is 0 Å². The van der Waals surface area contributed by atoms with E-state index in [4.69, 9.17) is 4.74 Å². The molecule has 0 aliphatic heterocycles. The average molecular weight is 213 g/mol. The molecular weight excluding hydrogens is 205 g/mol. The zero-order valence-corrected chi connectivity index (χ0v) is 9.22. The van der Waals surface area contributed by atoms with Crippen molar-refractivity contribution in [2.75, 3.05) is 7.11 Å². The molecule has 0 atom stereocenters. The first-order valence-electron chi connectivity index (χ1n) is 4.25. The Labute approximate surface area is 103 Å². The van der Waals surface area contributed by atoms with Crippen molar-refractivity contribution in [2.24, 2.45) is 0 Å². The van der Waals surface area contributed by atoms with Crippen LogP contribution < -0.4 is 28.7 Å². The fraction of sp³-hybridized carbons (Fsp3) is 0.222. The van der Waals surface area contributed by atoms with Gasteiger partial charge in [-0.05, 0) is 13.0 Å². The van der Waals surface area contributed by atoms with Gasteiger partial charge in [-0.2, -0.15) is 0 Å². The summed E-state index contributed by atoms with van der Waals surface area (Å²) in [6.07, 6.45) is 0. The Balaban J connectivity index is 0.00000128. The molecule has 0 saturated heterocycles. The fourth-order valence-corrected chi connectivity index (χ4v) is 1.37. The Morgan fingerprint density at radius 1 is 1.50 bits per heavy atom. The molecule has 0 aliphatic rings. The summed E-state index contributed by atoms with van der Waals surface area (Å²) >= 11 is 0. The topological polar surface area (TPSA) is 79.5 Å². The van der Waals surface area contributed by atoms with Gasteiger partial charge in [-0.15, -0.1) is 5.10 Å². The summed E-state index contributed by atoms with van der Waals surface area (Å²) < 4.78 is 6.09. The van der Waals surface area contributed by atoms with Gasteiger partial charge in [-0.3, -0.25) is 0 Å². The second-order valence-electron chi connectivity index (χ2n) is 2.98. The minimum atomic E-state index is -1.30. The molecule has 0 unspecified atom stereocenters. The monoisotopic (exact) mass is 213 g/mol. The Kier molecular flexibility index (Phi) is 3.57. The van der Waals surface area contributed by atoms with E-state index in [0.29, 0.717) is 17.2 Å². The molecule has 16 heavy (non-hydrogen) atoms. The summed E-state index contributed by atoms with van der Waals surface area (Å²) in [5.41, 5.74) is 0.771. The zero-order valence-electron chi connectivity index (χ0n) is 9.22. The Bertz CT molecular complexity index is 538. The molecule has 0 amide bonds. The van der Waals surface area contributed by atoms with Gasteiger partial charge in [0, 0.05) is 6.07 Å². The van der Waals surface area contributed by atoms with Gasteiger partial charge in [-0.1, -0.05) is 0 Å². The number of nitrogens with zero attached hydrogens (tertiary/aromatic N) is 3. The number of fused-ring (bicyclic) bond motifs is 1. The van der Waals surface area contributed by atoms with Crippen LogP contribution in [0.15, 0.2) is 12.1 Å². The van der Waals surface area contributed by atoms with Crippen molar-refractivity contribution in [3.05, 3.63) is 23.5 Å². The van der Waals surface area contributed by atoms with Crippen LogP contribution in [0.25, 0.3) is 5.65 Å². The Morgan fingerprint density at radius 2 is 2.19 bits per heavy atom. The number of aryl methyl sites for hydroxylation is 1. The van der Waals surface area contributed by atoms with E-state index >= 15 is 0 Å². The van der Waals surface area contributed by atoms with Crippen LogP contribution in [0.2, 0.25) is 0 Å². The molecule has 0 bridgehead atoms. The molecule has 0 radical (unpaired) electrons. The molecule has 2 aromatic rings. The molecular formula is C9H8LiN3O3. The molecule has 7 heteroatoms. The number of ether oxygens (including phenoxy) is 1. The third-order valence-corrected chi connectivity index (χ3v) is 2.03. The van der Waals surface area contributed by atoms with E-state index in [1.54, 1.807) is 19.1 Å². The number of carboxylic acid groups (broad SMARTS) is 1. The number of imidazole rings is 1. The number of aromatic carboxylic acids is 1. The number of carbonyl (C=O) groups excluding carboxylic acids is 1. The van der Waals surface area contributed by atoms with Crippen LogP contribution in [-0.4, -0.2) is 27.7 Å². The summed E-state index contributed by atoms with van der Waals surface area (Å²) in [4.78, 5) is 14.9. The molecule has 6 nitrogen and oxygen atoms in total. The minimum absolute atomic E-state index is 0. The van der Waals surface area contributed by atoms with Crippen molar-refractivity contribution in [3.8, 4) is 5.88 Å². The maximum Gasteiger partial charge on any atom is 1.00 e. The van der Waals surface area contributed by atoms with Gasteiger partial charge in [-0.25, -0.2) is 9.50 Å². The Hall–Kier alpha value is -1.51. The second-order valence-corrected chi connectivity index (χ2v) is 2.98. The molecule has 2 heterocycles. The van der Waals surface area contributed by atoms with Crippen molar-refractivity contribution < 1.29 is 33.5 Å². The van der Waals surface area contributed by atoms with Crippen LogP contribution in [0.4, 0.5) is 0 Å². The van der Waals surface area contributed by atoms with E-state index in [1.165, 1.54) is 11.6 Å². The van der Waals surface area contributed by atoms with Crippen molar-refractivity contribution in [1.29, 1.82) is 0 Å². The molecule has 78 valence electrons. The zero-order chi connectivity index (χ0) is 11.0. The predicted molar refractivity (Wildman–Crippen MR) is 48.6 cm³/mol. The van der Waals surface area contributed by atoms with Crippen LogP contribution in [0, 0.1) is 6.92 Å². The molecule has 0 fully saturated rings. The van der Waals surface area contributed by atoms with Crippen LogP contribution >= 0.6 is 0 Å². The first kappa shape index (κ1) is 12.6. The number of aromatic nitrogens is 3. The largest absolute Gasteiger partial charge is 1.00 e. The normalized spacial score (nSPS) is 9.88. The number of hydrogen-bond donors (Lipinski definition) is 0. The standard InChI is InChI=1S/C9H9N3O3.Li/c1-5-8(9(13)14)12-6(10-5)3-4-7(11-12)15-2;/h3-4H,1-2H3,(H,13,14);/q;+1/p-1. The molecule has 2 rings (SSSR count). The Morgan fingerprint density at radius 3 is 2.75 bits per heavy atom. The maximum atomic E-state index is 10.8. The van der Waals surface area contributed by atoms with E-state index in [2.05, 4.69) is 10.1 Å². The van der Waals surface area contributed by atoms with Crippen LogP contribution in [0.5, 0.6) is 5.88 Å². The average Bonchev–Trinajstić information content (AvgIpc) is 2.52. The number of carbonyl (C=O) groups is 1. The van der Waals surface area contributed by atoms with Crippen molar-refractivity contribution in [2.45, 2.75) is 6.92 Å². The van der Waals surface area contributed by atoms with Crippen LogP contribution in [-0.2, 0) is 0 Å². The van der Waals surface area contributed by atoms with Gasteiger partial charge in [0.2, 0.25) is 5.88 Å². The van der Waals surface area contributed by atoms with E-state index in [-0.39, 0.29) is 24.6 Å². The summed E-state index contributed by atoms with van der Waals surface area (Å²) in [5, 5.41) is 14.8. The van der Waals surface area contributed by atoms with E-state index in [9.17, 15) is 9.90 Å². The first-order chi connectivity index (χ1) is 7.13. The van der Waals surface area contributed by atoms with Gasteiger partial charge in [0.15, 0.2) is 5.65 Å². The van der Waals surface area contributed by atoms with Gasteiger partial charge in [0.25, 0.3) is 0 Å². The number of rotatable bonds is 2. The van der Waals surface area contributed by atoms with E-state index in [1.807, 2.05) is 0 Å². The third-order valence-electron chi connectivity index (χ3n) is 2.03. The molecule has 0 aliphatic carbocycles. The minimum Gasteiger partial charge on any atom is -0.543 e. The number of hydrogen-bond acceptors (Lipinski definition) is 5. The molecule has 0 N–H and O–H groups in total. The molecule has 0 saturated carbocycles. The molecule has 2 aromatic heterocycles. The maximum absolute atomic E-state index is 10.8. The molecule has 0 spiro atoms. The molecule has 0 aromatic carbocycles. The fourth-order valence-electron chi connectivity index (χ4n) is 1.37. The summed E-state index contributed by atoms with van der Waals surface area (Å²) in [7, 11) is 1.46. The predicted octanol–water partition coefficient (Wildman–Crippen LogP) is -3.59. The van der Waals surface area contributed by atoms with Gasteiger partial charge < -0.3 is 14.6 Å². The third kappa shape index (κ3) is 1.90. The van der Waals surface area contributed by atoms with Crippen molar-refractivity contribution >= 4 is 11.6 Å².